The number of allylic oxidation sites excluding steroid dienone is 1. The number of nitrogens with zero attached hydrogens (tertiary/aromatic N) is 4. The van der Waals surface area contributed by atoms with Crippen molar-refractivity contribution in [1.29, 1.82) is 0 Å². The van der Waals surface area contributed by atoms with E-state index < -0.39 is 0 Å². The Bertz CT molecular complexity index is 1270. The molecule has 2 heterocycles. The molecule has 1 atom stereocenters. The molecule has 0 bridgehead atoms. The van der Waals surface area contributed by atoms with Crippen molar-refractivity contribution in [1.82, 2.24) is 4.98 Å². The summed E-state index contributed by atoms with van der Waals surface area (Å²) < 4.78 is 13.7. The van der Waals surface area contributed by atoms with Gasteiger partial charge in [-0.1, -0.05) is 12.1 Å². The third-order valence-corrected chi connectivity index (χ3v) is 5.83. The van der Waals surface area contributed by atoms with Crippen molar-refractivity contribution in [3.63, 3.8) is 0 Å². The summed E-state index contributed by atoms with van der Waals surface area (Å²) in [6.45, 7) is 6.11. The predicted octanol–water partition coefficient (Wildman–Crippen LogP) is 6.37. The molecular formula is C27H26FN5. The highest BCUT2D eigenvalue weighted by Crippen LogP contribution is 2.43. The van der Waals surface area contributed by atoms with E-state index in [1.807, 2.05) is 43.3 Å². The lowest BCUT2D eigenvalue weighted by Gasteiger charge is -2.43. The molecule has 1 aliphatic heterocycles. The van der Waals surface area contributed by atoms with Crippen molar-refractivity contribution in [2.75, 3.05) is 10.2 Å². The predicted molar refractivity (Wildman–Crippen MR) is 134 cm³/mol. The Hall–Kier alpha value is -3.80. The van der Waals surface area contributed by atoms with Crippen LogP contribution < -0.4 is 10.2 Å². The lowest BCUT2D eigenvalue weighted by atomic mass is 9.90. The normalized spacial score (nSPS) is 19.8. The minimum atomic E-state index is -0.245. The van der Waals surface area contributed by atoms with Crippen LogP contribution in [-0.2, 0) is 0 Å². The quantitative estimate of drug-likeness (QED) is 0.516. The van der Waals surface area contributed by atoms with E-state index in [0.29, 0.717) is 6.42 Å². The molecule has 5 rings (SSSR count). The Labute approximate surface area is 193 Å². The second-order valence-corrected chi connectivity index (χ2v) is 8.58. The summed E-state index contributed by atoms with van der Waals surface area (Å²) in [5.41, 5.74) is 7.56. The van der Waals surface area contributed by atoms with Crippen molar-refractivity contribution < 1.29 is 4.39 Å². The van der Waals surface area contributed by atoms with Crippen LogP contribution in [0.25, 0.3) is 0 Å². The Kier molecular flexibility index (Phi) is 5.50. The van der Waals surface area contributed by atoms with Crippen molar-refractivity contribution in [2.24, 2.45) is 9.98 Å². The zero-order valence-electron chi connectivity index (χ0n) is 19.0. The summed E-state index contributed by atoms with van der Waals surface area (Å²) in [5, 5.41) is 3.61. The van der Waals surface area contributed by atoms with Crippen LogP contribution in [-0.4, -0.2) is 28.5 Å². The molecule has 1 aromatic heterocycles. The van der Waals surface area contributed by atoms with Crippen LogP contribution in [0.2, 0.25) is 0 Å². The number of nitrogens with one attached hydrogen (secondary N) is 1. The highest BCUT2D eigenvalue weighted by atomic mass is 19.1. The molecule has 0 fully saturated rings. The number of rotatable bonds is 3. The third-order valence-electron chi connectivity index (χ3n) is 5.83. The molecular weight excluding hydrogens is 413 g/mol. The van der Waals surface area contributed by atoms with Gasteiger partial charge in [0.15, 0.2) is 0 Å². The highest BCUT2D eigenvalue weighted by Gasteiger charge is 2.36. The second-order valence-electron chi connectivity index (χ2n) is 8.58. The van der Waals surface area contributed by atoms with Gasteiger partial charge in [-0.05, 0) is 75.4 Å². The first kappa shape index (κ1) is 21.1. The summed E-state index contributed by atoms with van der Waals surface area (Å²) in [6.07, 6.45) is 4.55. The first-order chi connectivity index (χ1) is 16.0. The summed E-state index contributed by atoms with van der Waals surface area (Å²) in [4.78, 5) is 16.5. The molecule has 0 saturated carbocycles. The van der Waals surface area contributed by atoms with Crippen LogP contribution in [0.5, 0.6) is 0 Å². The van der Waals surface area contributed by atoms with Crippen LogP contribution >= 0.6 is 0 Å². The summed E-state index contributed by atoms with van der Waals surface area (Å²) in [7, 11) is 0. The van der Waals surface area contributed by atoms with Crippen molar-refractivity contribution in [3.8, 4) is 0 Å². The molecule has 0 amide bonds. The third kappa shape index (κ3) is 4.16. The van der Waals surface area contributed by atoms with Gasteiger partial charge >= 0.3 is 0 Å². The largest absolute Gasteiger partial charge is 0.355 e. The Morgan fingerprint density at radius 1 is 1.06 bits per heavy atom. The molecule has 2 aliphatic rings. The van der Waals surface area contributed by atoms with Crippen LogP contribution in [0.15, 0.2) is 88.6 Å². The van der Waals surface area contributed by atoms with E-state index in [4.69, 9.17) is 9.98 Å². The molecule has 5 nitrogen and oxygen atoms in total. The standard InChI is InChI=1S/C27H26FN5/c1-17(2)30-24-16-27-25(15-23(24)31-21-8-6-14-29-18(21)3)32-22-7-4-5-9-26(22)33(27)20-12-10-19(28)11-13-20/h4-15,17,27,32H,16H2,1-3H3. The first-order valence-corrected chi connectivity index (χ1v) is 11.2. The van der Waals surface area contributed by atoms with E-state index in [2.05, 4.69) is 47.3 Å². The minimum Gasteiger partial charge on any atom is -0.355 e. The molecule has 6 heteroatoms. The van der Waals surface area contributed by atoms with Crippen molar-refractivity contribution >= 4 is 34.2 Å². The van der Waals surface area contributed by atoms with Gasteiger partial charge in [-0.2, -0.15) is 0 Å². The molecule has 0 saturated heterocycles. The Morgan fingerprint density at radius 2 is 1.85 bits per heavy atom. The lowest BCUT2D eigenvalue weighted by Crippen LogP contribution is -2.45. The smallest absolute Gasteiger partial charge is 0.123 e. The number of hydrogen-bond acceptors (Lipinski definition) is 5. The van der Waals surface area contributed by atoms with Gasteiger partial charge in [0, 0.05) is 30.0 Å². The number of aliphatic imine (C=N–C) groups is 2. The van der Waals surface area contributed by atoms with E-state index in [1.165, 1.54) is 12.1 Å². The van der Waals surface area contributed by atoms with Gasteiger partial charge in [0.25, 0.3) is 0 Å². The van der Waals surface area contributed by atoms with Crippen LogP contribution in [0.4, 0.5) is 27.1 Å². The van der Waals surface area contributed by atoms with Crippen LogP contribution in [0, 0.1) is 12.7 Å². The number of pyridine rings is 1. The monoisotopic (exact) mass is 439 g/mol. The molecule has 1 aliphatic carbocycles. The fourth-order valence-electron chi connectivity index (χ4n) is 4.36. The Morgan fingerprint density at radius 3 is 2.61 bits per heavy atom. The molecule has 1 unspecified atom stereocenters. The Balaban J connectivity index is 1.67. The molecule has 0 spiro atoms. The number of hydrogen-bond donors (Lipinski definition) is 1. The lowest BCUT2D eigenvalue weighted by molar-refractivity contribution is 0.627. The number of anilines is 3. The number of fused-ring (bicyclic) bond motifs is 2. The molecule has 33 heavy (non-hydrogen) atoms. The van der Waals surface area contributed by atoms with E-state index in [1.54, 1.807) is 6.20 Å². The van der Waals surface area contributed by atoms with Gasteiger partial charge in [-0.3, -0.25) is 9.98 Å². The maximum atomic E-state index is 13.7. The van der Waals surface area contributed by atoms with E-state index in [-0.39, 0.29) is 17.9 Å². The van der Waals surface area contributed by atoms with E-state index in [0.717, 1.165) is 45.6 Å². The number of halogens is 1. The van der Waals surface area contributed by atoms with E-state index >= 15 is 0 Å². The average molecular weight is 440 g/mol. The van der Waals surface area contributed by atoms with Gasteiger partial charge in [-0.15, -0.1) is 0 Å². The molecule has 0 radical (unpaired) electrons. The van der Waals surface area contributed by atoms with Crippen LogP contribution in [0.1, 0.15) is 26.0 Å². The summed E-state index contributed by atoms with van der Waals surface area (Å²) in [5.74, 6) is -0.245. The van der Waals surface area contributed by atoms with Crippen molar-refractivity contribution in [2.45, 2.75) is 39.3 Å². The number of benzene rings is 2. The molecule has 3 aromatic rings. The summed E-state index contributed by atoms with van der Waals surface area (Å²) in [6, 6.07) is 18.9. The summed E-state index contributed by atoms with van der Waals surface area (Å²) >= 11 is 0. The van der Waals surface area contributed by atoms with Gasteiger partial charge in [0.05, 0.1) is 40.2 Å². The average Bonchev–Trinajstić information content (AvgIpc) is 2.80. The highest BCUT2D eigenvalue weighted by molar-refractivity contribution is 6.48. The second kappa shape index (κ2) is 8.62. The molecule has 1 N–H and O–H groups in total. The number of para-hydroxylation sites is 2. The first-order valence-electron chi connectivity index (χ1n) is 11.2. The topological polar surface area (TPSA) is 52.9 Å². The van der Waals surface area contributed by atoms with Crippen molar-refractivity contribution in [3.05, 3.63) is 90.1 Å². The zero-order chi connectivity index (χ0) is 22.9. The SMILES string of the molecule is Cc1ncccc1N=C1C=C2Nc3ccccc3N(c3ccc(F)cc3)C2CC1=NC(C)C. The minimum absolute atomic E-state index is 0.00296. The fourth-order valence-corrected chi connectivity index (χ4v) is 4.36. The molecule has 166 valence electrons. The van der Waals surface area contributed by atoms with Crippen LogP contribution in [0.3, 0.4) is 0 Å². The van der Waals surface area contributed by atoms with Gasteiger partial charge in [-0.25, -0.2) is 9.38 Å². The van der Waals surface area contributed by atoms with Gasteiger partial charge in [0.2, 0.25) is 0 Å². The fraction of sp³-hybridized carbons (Fsp3) is 0.222. The maximum absolute atomic E-state index is 13.7. The van der Waals surface area contributed by atoms with Gasteiger partial charge < -0.3 is 10.2 Å². The number of aromatic nitrogens is 1. The maximum Gasteiger partial charge on any atom is 0.123 e. The zero-order valence-corrected chi connectivity index (χ0v) is 19.0. The van der Waals surface area contributed by atoms with E-state index in [9.17, 15) is 4.39 Å². The van der Waals surface area contributed by atoms with Gasteiger partial charge in [0.1, 0.15) is 5.82 Å². The number of aryl methyl sites for hydroxylation is 1. The molecule has 2 aromatic carbocycles.